The van der Waals surface area contributed by atoms with Crippen molar-refractivity contribution in [2.24, 2.45) is 0 Å². The molecule has 6 heteroatoms. The van der Waals surface area contributed by atoms with E-state index < -0.39 is 4.92 Å². The fourth-order valence-electron chi connectivity index (χ4n) is 1.66. The van der Waals surface area contributed by atoms with Gasteiger partial charge in [-0.15, -0.1) is 0 Å². The molecule has 21 heavy (non-hydrogen) atoms. The third-order valence-corrected chi connectivity index (χ3v) is 3.59. The second-order valence-electron chi connectivity index (χ2n) is 4.14. The Kier molecular flexibility index (Phi) is 4.73. The molecular formula is C15H9Cl2NO3. The van der Waals surface area contributed by atoms with Gasteiger partial charge < -0.3 is 0 Å². The highest BCUT2D eigenvalue weighted by molar-refractivity contribution is 6.42. The van der Waals surface area contributed by atoms with E-state index in [4.69, 9.17) is 23.2 Å². The topological polar surface area (TPSA) is 60.2 Å². The van der Waals surface area contributed by atoms with Crippen molar-refractivity contribution < 1.29 is 9.72 Å². The number of carbonyl (C=O) groups excluding carboxylic acids is 1. The van der Waals surface area contributed by atoms with Crippen LogP contribution in [0.5, 0.6) is 0 Å². The molecule has 0 aliphatic rings. The fourth-order valence-corrected chi connectivity index (χ4v) is 2.03. The third kappa shape index (κ3) is 3.68. The molecular weight excluding hydrogens is 313 g/mol. The molecule has 0 spiro atoms. The van der Waals surface area contributed by atoms with Crippen molar-refractivity contribution in [3.8, 4) is 0 Å². The average Bonchev–Trinajstić information content (AvgIpc) is 2.48. The van der Waals surface area contributed by atoms with E-state index in [1.165, 1.54) is 30.3 Å². The van der Waals surface area contributed by atoms with Gasteiger partial charge >= 0.3 is 0 Å². The minimum atomic E-state index is -0.518. The van der Waals surface area contributed by atoms with Gasteiger partial charge in [0.25, 0.3) is 5.69 Å². The zero-order chi connectivity index (χ0) is 15.4. The molecule has 0 amide bonds. The maximum absolute atomic E-state index is 12.0. The van der Waals surface area contributed by atoms with E-state index in [1.807, 2.05) is 0 Å². The summed E-state index contributed by atoms with van der Waals surface area (Å²) in [6, 6.07) is 10.5. The van der Waals surface area contributed by atoms with Crippen LogP contribution >= 0.6 is 23.2 Å². The predicted molar refractivity (Wildman–Crippen MR) is 82.9 cm³/mol. The molecule has 0 aromatic heterocycles. The number of allylic oxidation sites excluding steroid dienone is 1. The van der Waals surface area contributed by atoms with E-state index >= 15 is 0 Å². The molecule has 4 nitrogen and oxygen atoms in total. The van der Waals surface area contributed by atoms with Crippen LogP contribution in [-0.4, -0.2) is 10.7 Å². The molecule has 0 saturated heterocycles. The van der Waals surface area contributed by atoms with Crippen LogP contribution in [0.2, 0.25) is 10.0 Å². The van der Waals surface area contributed by atoms with Crippen LogP contribution in [0.15, 0.2) is 48.5 Å². The molecule has 2 aromatic rings. The number of non-ortho nitro benzene ring substituents is 1. The number of nitro groups is 1. The SMILES string of the molecule is O=C(C=Cc1cccc(Cl)c1Cl)c1ccc([N+](=O)[O-])cc1. The van der Waals surface area contributed by atoms with Crippen LogP contribution in [0, 0.1) is 10.1 Å². The Bertz CT molecular complexity index is 724. The number of ketones is 1. The number of halogens is 2. The molecule has 0 N–H and O–H groups in total. The van der Waals surface area contributed by atoms with Crippen LogP contribution in [0.3, 0.4) is 0 Å². The first-order valence-corrected chi connectivity index (χ1v) is 6.65. The van der Waals surface area contributed by atoms with E-state index in [9.17, 15) is 14.9 Å². The van der Waals surface area contributed by atoms with Gasteiger partial charge in [0.15, 0.2) is 5.78 Å². The number of nitro benzene ring substituents is 1. The van der Waals surface area contributed by atoms with Crippen molar-refractivity contribution in [1.82, 2.24) is 0 Å². The minimum absolute atomic E-state index is 0.0617. The monoisotopic (exact) mass is 321 g/mol. The Hall–Kier alpha value is -2.17. The molecule has 0 radical (unpaired) electrons. The maximum atomic E-state index is 12.0. The zero-order valence-corrected chi connectivity index (χ0v) is 12.1. The molecule has 0 bridgehead atoms. The number of hydrogen-bond acceptors (Lipinski definition) is 3. The van der Waals surface area contributed by atoms with Crippen molar-refractivity contribution in [2.45, 2.75) is 0 Å². The van der Waals surface area contributed by atoms with Crippen molar-refractivity contribution >= 4 is 40.7 Å². The summed E-state index contributed by atoms with van der Waals surface area (Å²) in [5, 5.41) is 11.3. The van der Waals surface area contributed by atoms with Crippen molar-refractivity contribution in [3.63, 3.8) is 0 Å². The fraction of sp³-hybridized carbons (Fsp3) is 0. The first kappa shape index (κ1) is 15.2. The molecule has 2 rings (SSSR count). The second-order valence-corrected chi connectivity index (χ2v) is 4.93. The van der Waals surface area contributed by atoms with Gasteiger partial charge in [-0.2, -0.15) is 0 Å². The van der Waals surface area contributed by atoms with Crippen LogP contribution in [0.25, 0.3) is 6.08 Å². The smallest absolute Gasteiger partial charge is 0.269 e. The van der Waals surface area contributed by atoms with E-state index in [1.54, 1.807) is 24.3 Å². The number of carbonyl (C=O) groups is 1. The predicted octanol–water partition coefficient (Wildman–Crippen LogP) is 4.80. The highest BCUT2D eigenvalue weighted by atomic mass is 35.5. The van der Waals surface area contributed by atoms with E-state index in [0.717, 1.165) is 0 Å². The Morgan fingerprint density at radius 1 is 1.10 bits per heavy atom. The second kappa shape index (κ2) is 6.52. The first-order valence-electron chi connectivity index (χ1n) is 5.90. The van der Waals surface area contributed by atoms with Crippen molar-refractivity contribution in [3.05, 3.63) is 79.8 Å². The van der Waals surface area contributed by atoms with Gasteiger partial charge in [0.05, 0.1) is 15.0 Å². The van der Waals surface area contributed by atoms with Crippen LogP contribution in [0.4, 0.5) is 5.69 Å². The summed E-state index contributed by atoms with van der Waals surface area (Å²) in [4.78, 5) is 22.0. The van der Waals surface area contributed by atoms with Gasteiger partial charge in [0.1, 0.15) is 0 Å². The van der Waals surface area contributed by atoms with E-state index in [-0.39, 0.29) is 11.5 Å². The molecule has 0 aliphatic heterocycles. The summed E-state index contributed by atoms with van der Waals surface area (Å²) in [5.74, 6) is -0.277. The summed E-state index contributed by atoms with van der Waals surface area (Å²) >= 11 is 11.9. The number of hydrogen-bond donors (Lipinski definition) is 0. The minimum Gasteiger partial charge on any atom is -0.289 e. The van der Waals surface area contributed by atoms with Gasteiger partial charge in [0, 0.05) is 17.7 Å². The van der Waals surface area contributed by atoms with E-state index in [2.05, 4.69) is 0 Å². The third-order valence-electron chi connectivity index (χ3n) is 2.76. The molecule has 2 aromatic carbocycles. The Labute approximate surface area is 130 Å². The average molecular weight is 322 g/mol. The lowest BCUT2D eigenvalue weighted by molar-refractivity contribution is -0.384. The molecule has 0 saturated carbocycles. The summed E-state index contributed by atoms with van der Waals surface area (Å²) in [6.07, 6.45) is 2.90. The van der Waals surface area contributed by atoms with Crippen molar-refractivity contribution in [2.75, 3.05) is 0 Å². The maximum Gasteiger partial charge on any atom is 0.269 e. The lowest BCUT2D eigenvalue weighted by atomic mass is 10.1. The summed E-state index contributed by atoms with van der Waals surface area (Å²) in [5.41, 5.74) is 0.919. The van der Waals surface area contributed by atoms with Gasteiger partial charge in [-0.25, -0.2) is 0 Å². The van der Waals surface area contributed by atoms with Crippen LogP contribution in [-0.2, 0) is 0 Å². The molecule has 0 unspecified atom stereocenters. The molecule has 0 atom stereocenters. The largest absolute Gasteiger partial charge is 0.289 e. The number of benzene rings is 2. The Morgan fingerprint density at radius 2 is 1.76 bits per heavy atom. The van der Waals surface area contributed by atoms with Crippen molar-refractivity contribution in [1.29, 1.82) is 0 Å². The summed E-state index contributed by atoms with van der Waals surface area (Å²) in [6.45, 7) is 0. The Balaban J connectivity index is 2.19. The Morgan fingerprint density at radius 3 is 2.38 bits per heavy atom. The van der Waals surface area contributed by atoms with Crippen LogP contribution < -0.4 is 0 Å². The lowest BCUT2D eigenvalue weighted by Gasteiger charge is -2.00. The van der Waals surface area contributed by atoms with E-state index in [0.29, 0.717) is 21.2 Å². The first-order chi connectivity index (χ1) is 9.99. The van der Waals surface area contributed by atoms with Gasteiger partial charge in [-0.05, 0) is 35.9 Å². The summed E-state index contributed by atoms with van der Waals surface area (Å²) < 4.78 is 0. The zero-order valence-electron chi connectivity index (χ0n) is 10.6. The van der Waals surface area contributed by atoms with Crippen LogP contribution in [0.1, 0.15) is 15.9 Å². The highest BCUT2D eigenvalue weighted by Gasteiger charge is 2.07. The van der Waals surface area contributed by atoms with Gasteiger partial charge in [0.2, 0.25) is 0 Å². The lowest BCUT2D eigenvalue weighted by Crippen LogP contribution is -1.95. The normalized spacial score (nSPS) is 10.8. The number of rotatable bonds is 4. The molecule has 106 valence electrons. The number of nitrogens with zero attached hydrogens (tertiary/aromatic N) is 1. The highest BCUT2D eigenvalue weighted by Crippen LogP contribution is 2.26. The molecule has 0 fully saturated rings. The molecule has 0 aliphatic carbocycles. The standard InChI is InChI=1S/C15H9Cl2NO3/c16-13-3-1-2-11(15(13)17)6-9-14(19)10-4-7-12(8-5-10)18(20)21/h1-9H. The quantitative estimate of drug-likeness (QED) is 0.352. The molecule has 0 heterocycles. The summed E-state index contributed by atoms with van der Waals surface area (Å²) in [7, 11) is 0. The van der Waals surface area contributed by atoms with Gasteiger partial charge in [-0.1, -0.05) is 35.3 Å². The van der Waals surface area contributed by atoms with Gasteiger partial charge in [-0.3, -0.25) is 14.9 Å².